The average Bonchev–Trinajstić information content (AvgIpc) is 4.01. The molecule has 13 nitrogen and oxygen atoms in total. The van der Waals surface area contributed by atoms with Crippen molar-refractivity contribution in [2.75, 3.05) is 13.2 Å². The summed E-state index contributed by atoms with van der Waals surface area (Å²) in [7, 11) is -3.84. The summed E-state index contributed by atoms with van der Waals surface area (Å²) >= 11 is 0. The molecule has 1 aromatic heterocycles. The van der Waals surface area contributed by atoms with Gasteiger partial charge in [-0.1, -0.05) is 45.2 Å². The van der Waals surface area contributed by atoms with Gasteiger partial charge < -0.3 is 25.0 Å². The van der Waals surface area contributed by atoms with Crippen LogP contribution in [0.4, 0.5) is 4.79 Å². The second kappa shape index (κ2) is 14.5. The predicted molar refractivity (Wildman–Crippen MR) is 181 cm³/mol. The van der Waals surface area contributed by atoms with E-state index in [4.69, 9.17) is 9.47 Å². The molecule has 266 valence electrons. The Balaban J connectivity index is 1.30. The number of hydrogen-bond donors (Lipinski definition) is 3. The zero-order chi connectivity index (χ0) is 34.8. The quantitative estimate of drug-likeness (QED) is 0.355. The molecular formula is C35H47N5O8S. The van der Waals surface area contributed by atoms with Crippen LogP contribution < -0.4 is 20.1 Å². The highest BCUT2D eigenvalue weighted by Crippen LogP contribution is 2.47. The first-order valence-corrected chi connectivity index (χ1v) is 19.3. The van der Waals surface area contributed by atoms with Crippen molar-refractivity contribution in [2.45, 2.75) is 120 Å². The number of alkyl carbamates (subject to hydrolysis) is 1. The molecule has 1 saturated heterocycles. The minimum absolute atomic E-state index is 0.0422. The molecule has 2 aromatic rings. The van der Waals surface area contributed by atoms with Crippen molar-refractivity contribution >= 4 is 44.6 Å². The number of benzene rings is 1. The van der Waals surface area contributed by atoms with Crippen LogP contribution in [-0.2, 0) is 35.6 Å². The van der Waals surface area contributed by atoms with Gasteiger partial charge >= 0.3 is 6.09 Å². The van der Waals surface area contributed by atoms with Gasteiger partial charge in [0.1, 0.15) is 23.7 Å². The van der Waals surface area contributed by atoms with Gasteiger partial charge in [0.25, 0.3) is 5.91 Å². The first-order chi connectivity index (χ1) is 23.5. The van der Waals surface area contributed by atoms with Crippen LogP contribution in [-0.4, -0.2) is 84.2 Å². The number of nitrogens with zero attached hydrogens (tertiary/aromatic N) is 2. The SMILES string of the molecule is CCCC[C@@H]1NC(=O)OCCCCCc2ccc3ccnc(c3c2)O[C@@H]2C[C@@H](C(=O)N[C@]3(C(=O)NS(=O)(=O)C4CC4)CC3CC)N(C2)C1=O. The fourth-order valence-electron chi connectivity index (χ4n) is 7.09. The molecule has 4 aliphatic rings. The molecule has 3 N–H and O–H groups in total. The number of unbranched alkanes of at least 4 members (excludes halogenated alkanes) is 1. The fourth-order valence-corrected chi connectivity index (χ4v) is 8.45. The smallest absolute Gasteiger partial charge is 0.407 e. The third-order valence-corrected chi connectivity index (χ3v) is 12.1. The van der Waals surface area contributed by atoms with Crippen molar-refractivity contribution < 1.29 is 37.1 Å². The second-order valence-electron chi connectivity index (χ2n) is 13.9. The van der Waals surface area contributed by atoms with Gasteiger partial charge in [-0.2, -0.15) is 0 Å². The number of carbonyl (C=O) groups excluding carboxylic acids is 4. The highest BCUT2D eigenvalue weighted by molar-refractivity contribution is 7.91. The average molecular weight is 698 g/mol. The van der Waals surface area contributed by atoms with Gasteiger partial charge in [0, 0.05) is 18.0 Å². The Labute approximate surface area is 287 Å². The van der Waals surface area contributed by atoms with Crippen LogP contribution in [0, 0.1) is 5.92 Å². The number of carbonyl (C=O) groups is 4. The van der Waals surface area contributed by atoms with E-state index >= 15 is 0 Å². The van der Waals surface area contributed by atoms with E-state index in [9.17, 15) is 27.6 Å². The topological polar surface area (TPSA) is 173 Å². The monoisotopic (exact) mass is 697 g/mol. The van der Waals surface area contributed by atoms with E-state index in [1.165, 1.54) is 4.90 Å². The number of nitrogens with one attached hydrogen (secondary N) is 3. The van der Waals surface area contributed by atoms with E-state index in [0.29, 0.717) is 44.4 Å². The van der Waals surface area contributed by atoms with Gasteiger partial charge in [0.15, 0.2) is 0 Å². The summed E-state index contributed by atoms with van der Waals surface area (Å²) in [6.07, 6.45) is 7.34. The van der Waals surface area contributed by atoms with Crippen molar-refractivity contribution in [2.24, 2.45) is 5.92 Å². The molecule has 2 saturated carbocycles. The lowest BCUT2D eigenvalue weighted by molar-refractivity contribution is -0.141. The minimum atomic E-state index is -3.84. The van der Waals surface area contributed by atoms with E-state index < -0.39 is 62.8 Å². The molecule has 3 fully saturated rings. The summed E-state index contributed by atoms with van der Waals surface area (Å²) in [6.45, 7) is 4.12. The van der Waals surface area contributed by atoms with Gasteiger partial charge in [0.2, 0.25) is 27.7 Å². The largest absolute Gasteiger partial charge is 0.472 e. The molecular weight excluding hydrogens is 650 g/mol. The molecule has 1 unspecified atom stereocenters. The maximum Gasteiger partial charge on any atom is 0.407 e. The standard InChI is InChI=1S/C35H47N5O8S/c1-3-5-10-28-32(42)40-21-25(19-29(40)30(41)38-35(20-24(35)4-2)33(43)39-49(45,46)26-13-14-26)48-31-27-18-22(11-12-23(27)15-16-36-31)9-7-6-8-17-47-34(44)37-28/h11-12,15-16,18,24-26,28-29H,3-10,13-14,17,19-21H2,1-2H3,(H,37,44)(H,38,41)(H,39,43)/t24?,25-,28+,29+,35-/m1/s1. The first-order valence-electron chi connectivity index (χ1n) is 17.7. The number of amides is 4. The molecule has 1 aromatic carbocycles. The first kappa shape index (κ1) is 34.9. The van der Waals surface area contributed by atoms with E-state index in [2.05, 4.69) is 32.5 Å². The lowest BCUT2D eigenvalue weighted by Gasteiger charge is -2.29. The molecule has 3 heterocycles. The number of pyridine rings is 1. The molecule has 0 radical (unpaired) electrons. The van der Waals surface area contributed by atoms with Crippen molar-refractivity contribution in [1.29, 1.82) is 0 Å². The number of hydrogen-bond acceptors (Lipinski definition) is 9. The summed E-state index contributed by atoms with van der Waals surface area (Å²) < 4.78 is 39.4. The summed E-state index contributed by atoms with van der Waals surface area (Å²) in [6, 6.07) is 6.08. The summed E-state index contributed by atoms with van der Waals surface area (Å²) in [5.74, 6) is -1.64. The highest BCUT2D eigenvalue weighted by atomic mass is 32.2. The highest BCUT2D eigenvalue weighted by Gasteiger charge is 2.62. The molecule has 5 atom stereocenters. The predicted octanol–water partition coefficient (Wildman–Crippen LogP) is 3.49. The van der Waals surface area contributed by atoms with Crippen molar-refractivity contribution in [3.05, 3.63) is 36.0 Å². The lowest BCUT2D eigenvalue weighted by Crippen LogP contribution is -2.58. The fraction of sp³-hybridized carbons (Fsp3) is 0.629. The molecule has 49 heavy (non-hydrogen) atoms. The Hall–Kier alpha value is -3.94. The van der Waals surface area contributed by atoms with Gasteiger partial charge in [-0.15, -0.1) is 0 Å². The number of aromatic nitrogens is 1. The number of aryl methyl sites for hydroxylation is 1. The van der Waals surface area contributed by atoms with Crippen LogP contribution in [0.1, 0.15) is 90.0 Å². The third-order valence-electron chi connectivity index (χ3n) is 10.2. The Morgan fingerprint density at radius 1 is 1.12 bits per heavy atom. The molecule has 4 amide bonds. The van der Waals surface area contributed by atoms with Gasteiger partial charge in [-0.3, -0.25) is 19.1 Å². The number of rotatable bonds is 9. The summed E-state index contributed by atoms with van der Waals surface area (Å²) in [4.78, 5) is 60.7. The van der Waals surface area contributed by atoms with Gasteiger partial charge in [-0.25, -0.2) is 18.2 Å². The molecule has 0 spiro atoms. The minimum Gasteiger partial charge on any atom is -0.472 e. The molecule has 2 aliphatic carbocycles. The maximum atomic E-state index is 14.2. The third kappa shape index (κ3) is 7.79. The van der Waals surface area contributed by atoms with Crippen LogP contribution in [0.5, 0.6) is 5.88 Å². The van der Waals surface area contributed by atoms with Crippen molar-refractivity contribution in [3.63, 3.8) is 0 Å². The zero-order valence-electron chi connectivity index (χ0n) is 28.2. The van der Waals surface area contributed by atoms with E-state index in [0.717, 1.165) is 42.0 Å². The van der Waals surface area contributed by atoms with Crippen molar-refractivity contribution in [1.82, 2.24) is 25.2 Å². The maximum absolute atomic E-state index is 14.2. The second-order valence-corrected chi connectivity index (χ2v) is 15.8. The zero-order valence-corrected chi connectivity index (χ0v) is 29.1. The van der Waals surface area contributed by atoms with Gasteiger partial charge in [0.05, 0.1) is 18.4 Å². The van der Waals surface area contributed by atoms with Crippen LogP contribution in [0.25, 0.3) is 10.8 Å². The van der Waals surface area contributed by atoms with Crippen LogP contribution in [0.15, 0.2) is 30.5 Å². The summed E-state index contributed by atoms with van der Waals surface area (Å²) in [5.41, 5.74) is -0.281. The number of cyclic esters (lactones) is 1. The number of ether oxygens (including phenoxy) is 2. The normalized spacial score (nSPS) is 27.8. The Bertz CT molecular complexity index is 1700. The van der Waals surface area contributed by atoms with Crippen LogP contribution in [0.3, 0.4) is 0 Å². The van der Waals surface area contributed by atoms with Crippen LogP contribution in [0.2, 0.25) is 0 Å². The molecule has 4 bridgehead atoms. The Morgan fingerprint density at radius 2 is 1.94 bits per heavy atom. The van der Waals surface area contributed by atoms with E-state index in [1.54, 1.807) is 6.20 Å². The van der Waals surface area contributed by atoms with Crippen LogP contribution >= 0.6 is 0 Å². The molecule has 14 heteroatoms. The van der Waals surface area contributed by atoms with E-state index in [-0.39, 0.29) is 31.9 Å². The Kier molecular flexibility index (Phi) is 10.3. The van der Waals surface area contributed by atoms with Gasteiger partial charge in [-0.05, 0) is 80.4 Å². The number of fused-ring (bicyclic) bond motifs is 3. The van der Waals surface area contributed by atoms with Crippen molar-refractivity contribution in [3.8, 4) is 5.88 Å². The Morgan fingerprint density at radius 3 is 2.67 bits per heavy atom. The number of sulfonamides is 1. The molecule has 2 aliphatic heterocycles. The molecule has 6 rings (SSSR count). The summed E-state index contributed by atoms with van der Waals surface area (Å²) in [5, 5.41) is 6.80. The van der Waals surface area contributed by atoms with E-state index in [1.807, 2.05) is 26.0 Å². The lowest BCUT2D eigenvalue weighted by atomic mass is 10.0.